The van der Waals surface area contributed by atoms with Crippen LogP contribution in [0.1, 0.15) is 10.4 Å². The van der Waals surface area contributed by atoms with E-state index in [1.54, 1.807) is 31.4 Å². The van der Waals surface area contributed by atoms with Crippen LogP contribution in [0.3, 0.4) is 0 Å². The van der Waals surface area contributed by atoms with E-state index in [0.29, 0.717) is 44.0 Å². The Balaban J connectivity index is 1.89. The third-order valence-electron chi connectivity index (χ3n) is 3.58. The van der Waals surface area contributed by atoms with E-state index in [2.05, 4.69) is 0 Å². The van der Waals surface area contributed by atoms with Crippen molar-refractivity contribution in [2.24, 2.45) is 0 Å². The average molecular weight is 312 g/mol. The van der Waals surface area contributed by atoms with Crippen molar-refractivity contribution < 1.29 is 17.9 Å². The van der Waals surface area contributed by atoms with Gasteiger partial charge in [0.1, 0.15) is 5.75 Å². The van der Waals surface area contributed by atoms with Gasteiger partial charge in [-0.05, 0) is 24.3 Å². The largest absolute Gasteiger partial charge is 0.497 e. The monoisotopic (exact) mass is 312 g/mol. The van der Waals surface area contributed by atoms with Crippen LogP contribution in [0, 0.1) is 0 Å². The van der Waals surface area contributed by atoms with E-state index >= 15 is 0 Å². The summed E-state index contributed by atoms with van der Waals surface area (Å²) in [5.74, 6) is 0.749. The Labute approximate surface area is 125 Å². The zero-order valence-electron chi connectivity index (χ0n) is 12.3. The molecule has 1 aliphatic rings. The molecule has 1 saturated heterocycles. The number of nitrogens with zero attached hydrogens (tertiary/aromatic N) is 2. The fourth-order valence-electron chi connectivity index (χ4n) is 2.29. The minimum Gasteiger partial charge on any atom is -0.497 e. The number of piperazine rings is 1. The summed E-state index contributed by atoms with van der Waals surface area (Å²) in [5.41, 5.74) is 0.640. The van der Waals surface area contributed by atoms with Crippen molar-refractivity contribution in [2.75, 3.05) is 46.1 Å². The van der Waals surface area contributed by atoms with Gasteiger partial charge in [-0.2, -0.15) is 4.31 Å². The molecule has 0 amide bonds. The third kappa shape index (κ3) is 4.26. The van der Waals surface area contributed by atoms with Gasteiger partial charge >= 0.3 is 0 Å². The summed E-state index contributed by atoms with van der Waals surface area (Å²) in [7, 11) is -1.55. The first-order chi connectivity index (χ1) is 9.90. The summed E-state index contributed by atoms with van der Waals surface area (Å²) in [6.45, 7) is 2.34. The smallest absolute Gasteiger partial charge is 0.211 e. The first-order valence-corrected chi connectivity index (χ1v) is 8.60. The number of ketones is 1. The summed E-state index contributed by atoms with van der Waals surface area (Å²) in [5, 5.41) is 0. The van der Waals surface area contributed by atoms with Gasteiger partial charge < -0.3 is 4.74 Å². The van der Waals surface area contributed by atoms with Crippen molar-refractivity contribution in [3.63, 3.8) is 0 Å². The van der Waals surface area contributed by atoms with Gasteiger partial charge in [-0.15, -0.1) is 0 Å². The standard InChI is InChI=1S/C14H20N2O4S/c1-20-13-5-3-12(4-6-13)14(17)11-15-7-9-16(10-8-15)21(2,18)19/h3-6H,7-11H2,1-2H3. The van der Waals surface area contributed by atoms with Crippen molar-refractivity contribution in [1.29, 1.82) is 0 Å². The van der Waals surface area contributed by atoms with E-state index in [0.717, 1.165) is 0 Å². The first-order valence-electron chi connectivity index (χ1n) is 6.75. The summed E-state index contributed by atoms with van der Waals surface area (Å²) in [6.07, 6.45) is 1.21. The summed E-state index contributed by atoms with van der Waals surface area (Å²) >= 11 is 0. The zero-order valence-corrected chi connectivity index (χ0v) is 13.1. The van der Waals surface area contributed by atoms with E-state index in [1.807, 2.05) is 4.90 Å². The maximum Gasteiger partial charge on any atom is 0.211 e. The van der Waals surface area contributed by atoms with Gasteiger partial charge in [-0.25, -0.2) is 8.42 Å². The SMILES string of the molecule is COc1ccc(C(=O)CN2CCN(S(C)(=O)=O)CC2)cc1. The predicted octanol–water partition coefficient (Wildman–Crippen LogP) is 0.455. The Morgan fingerprint density at radius 3 is 2.19 bits per heavy atom. The van der Waals surface area contributed by atoms with E-state index in [1.165, 1.54) is 10.6 Å². The van der Waals surface area contributed by atoms with Crippen LogP contribution in [0.4, 0.5) is 0 Å². The third-order valence-corrected chi connectivity index (χ3v) is 4.88. The molecule has 1 aliphatic heterocycles. The van der Waals surface area contributed by atoms with Gasteiger partial charge in [0.2, 0.25) is 10.0 Å². The molecule has 0 atom stereocenters. The van der Waals surface area contributed by atoms with Crippen LogP contribution in [0.2, 0.25) is 0 Å². The minimum absolute atomic E-state index is 0.0328. The molecule has 1 fully saturated rings. The number of methoxy groups -OCH3 is 1. The quantitative estimate of drug-likeness (QED) is 0.739. The van der Waals surface area contributed by atoms with Crippen LogP contribution in [-0.2, 0) is 10.0 Å². The van der Waals surface area contributed by atoms with Crippen molar-refractivity contribution in [1.82, 2.24) is 9.21 Å². The number of carbonyl (C=O) groups excluding carboxylic acids is 1. The normalized spacial score (nSPS) is 17.6. The lowest BCUT2D eigenvalue weighted by Crippen LogP contribution is -2.49. The van der Waals surface area contributed by atoms with Gasteiger partial charge in [-0.3, -0.25) is 9.69 Å². The molecule has 0 aromatic heterocycles. The molecular weight excluding hydrogens is 292 g/mol. The number of ether oxygens (including phenoxy) is 1. The second-order valence-corrected chi connectivity index (χ2v) is 7.07. The molecule has 21 heavy (non-hydrogen) atoms. The van der Waals surface area contributed by atoms with Gasteiger partial charge in [0.05, 0.1) is 19.9 Å². The van der Waals surface area contributed by atoms with Crippen molar-refractivity contribution in [2.45, 2.75) is 0 Å². The summed E-state index contributed by atoms with van der Waals surface area (Å²) in [4.78, 5) is 14.2. The lowest BCUT2D eigenvalue weighted by atomic mass is 10.1. The lowest BCUT2D eigenvalue weighted by molar-refractivity contribution is 0.0902. The van der Waals surface area contributed by atoms with Crippen molar-refractivity contribution in [3.8, 4) is 5.75 Å². The fourth-order valence-corrected chi connectivity index (χ4v) is 3.12. The molecule has 1 aromatic carbocycles. The minimum atomic E-state index is -3.13. The highest BCUT2D eigenvalue weighted by Crippen LogP contribution is 2.13. The second kappa shape index (κ2) is 6.55. The molecule has 0 spiro atoms. The van der Waals surface area contributed by atoms with E-state index < -0.39 is 10.0 Å². The Morgan fingerprint density at radius 2 is 1.71 bits per heavy atom. The van der Waals surface area contributed by atoms with Crippen LogP contribution < -0.4 is 4.74 Å². The predicted molar refractivity (Wildman–Crippen MR) is 80.2 cm³/mol. The molecule has 7 heteroatoms. The fraction of sp³-hybridized carbons (Fsp3) is 0.500. The van der Waals surface area contributed by atoms with Crippen LogP contribution in [0.25, 0.3) is 0 Å². The number of hydrogen-bond acceptors (Lipinski definition) is 5. The summed E-state index contributed by atoms with van der Waals surface area (Å²) < 4.78 is 29.4. The number of hydrogen-bond donors (Lipinski definition) is 0. The second-order valence-electron chi connectivity index (χ2n) is 5.09. The molecule has 0 radical (unpaired) electrons. The number of rotatable bonds is 5. The molecule has 6 nitrogen and oxygen atoms in total. The number of benzene rings is 1. The molecule has 0 N–H and O–H groups in total. The first kappa shape index (κ1) is 15.9. The average Bonchev–Trinajstić information content (AvgIpc) is 2.47. The van der Waals surface area contributed by atoms with Crippen LogP contribution >= 0.6 is 0 Å². The van der Waals surface area contributed by atoms with Crippen molar-refractivity contribution >= 4 is 15.8 Å². The van der Waals surface area contributed by atoms with Gasteiger partial charge in [0.15, 0.2) is 5.78 Å². The molecule has 116 valence electrons. The Morgan fingerprint density at radius 1 is 1.14 bits per heavy atom. The summed E-state index contributed by atoms with van der Waals surface area (Å²) in [6, 6.07) is 7.01. The molecule has 0 saturated carbocycles. The Kier molecular flexibility index (Phi) is 4.97. The Hall–Kier alpha value is -1.44. The van der Waals surface area contributed by atoms with Gasteiger partial charge in [-0.1, -0.05) is 0 Å². The number of Topliss-reactive ketones (excluding diaryl/α,β-unsaturated/α-hetero) is 1. The molecule has 0 bridgehead atoms. The highest BCUT2D eigenvalue weighted by molar-refractivity contribution is 7.88. The van der Waals surface area contributed by atoms with E-state index in [4.69, 9.17) is 4.74 Å². The highest BCUT2D eigenvalue weighted by atomic mass is 32.2. The van der Waals surface area contributed by atoms with E-state index in [-0.39, 0.29) is 5.78 Å². The van der Waals surface area contributed by atoms with Crippen LogP contribution in [0.15, 0.2) is 24.3 Å². The van der Waals surface area contributed by atoms with E-state index in [9.17, 15) is 13.2 Å². The molecule has 0 aliphatic carbocycles. The molecule has 1 aromatic rings. The van der Waals surface area contributed by atoms with Gasteiger partial charge in [0, 0.05) is 31.7 Å². The molecule has 2 rings (SSSR count). The van der Waals surface area contributed by atoms with Crippen LogP contribution in [0.5, 0.6) is 5.75 Å². The molecular formula is C14H20N2O4S. The Bertz CT molecular complexity index is 590. The van der Waals surface area contributed by atoms with Crippen molar-refractivity contribution in [3.05, 3.63) is 29.8 Å². The molecule has 1 heterocycles. The topological polar surface area (TPSA) is 66.9 Å². The highest BCUT2D eigenvalue weighted by Gasteiger charge is 2.24. The maximum atomic E-state index is 12.2. The zero-order chi connectivity index (χ0) is 15.5. The lowest BCUT2D eigenvalue weighted by Gasteiger charge is -2.32. The number of sulfonamides is 1. The maximum absolute atomic E-state index is 12.2. The number of carbonyl (C=O) groups is 1. The van der Waals surface area contributed by atoms with Gasteiger partial charge in [0.25, 0.3) is 0 Å². The molecule has 0 unspecified atom stereocenters. The van der Waals surface area contributed by atoms with Crippen LogP contribution in [-0.4, -0.2) is 69.5 Å².